The van der Waals surface area contributed by atoms with Crippen molar-refractivity contribution in [1.82, 2.24) is 10.6 Å². The molecule has 0 spiro atoms. The SMILES string of the molecule is CC(C)NCCCC(=O)NC(C)C(C)CO. The molecule has 4 nitrogen and oxygen atoms in total. The van der Waals surface area contributed by atoms with Gasteiger partial charge in [-0.2, -0.15) is 0 Å². The Morgan fingerprint density at radius 1 is 1.25 bits per heavy atom. The quantitative estimate of drug-likeness (QED) is 0.543. The lowest BCUT2D eigenvalue weighted by Gasteiger charge is -2.19. The van der Waals surface area contributed by atoms with E-state index in [0.717, 1.165) is 13.0 Å². The average Bonchev–Trinajstić information content (AvgIpc) is 2.22. The van der Waals surface area contributed by atoms with Crippen LogP contribution in [0.1, 0.15) is 40.5 Å². The molecular weight excluding hydrogens is 204 g/mol. The summed E-state index contributed by atoms with van der Waals surface area (Å²) in [6.45, 7) is 9.00. The summed E-state index contributed by atoms with van der Waals surface area (Å²) in [6, 6.07) is 0.506. The largest absolute Gasteiger partial charge is 0.396 e. The van der Waals surface area contributed by atoms with Crippen LogP contribution in [0.5, 0.6) is 0 Å². The third-order valence-corrected chi connectivity index (χ3v) is 2.66. The van der Waals surface area contributed by atoms with Gasteiger partial charge in [-0.15, -0.1) is 0 Å². The summed E-state index contributed by atoms with van der Waals surface area (Å²) in [5.74, 6) is 0.177. The highest BCUT2D eigenvalue weighted by Gasteiger charge is 2.13. The van der Waals surface area contributed by atoms with Crippen LogP contribution in [0, 0.1) is 5.92 Å². The van der Waals surface area contributed by atoms with Gasteiger partial charge >= 0.3 is 0 Å². The van der Waals surface area contributed by atoms with E-state index in [9.17, 15) is 4.79 Å². The van der Waals surface area contributed by atoms with Crippen molar-refractivity contribution in [3.8, 4) is 0 Å². The summed E-state index contributed by atoms with van der Waals surface area (Å²) >= 11 is 0. The van der Waals surface area contributed by atoms with Gasteiger partial charge in [0.25, 0.3) is 0 Å². The zero-order valence-corrected chi connectivity index (χ0v) is 10.9. The van der Waals surface area contributed by atoms with Crippen molar-refractivity contribution in [2.45, 2.75) is 52.6 Å². The molecule has 3 N–H and O–H groups in total. The zero-order valence-electron chi connectivity index (χ0n) is 10.9. The second kappa shape index (κ2) is 8.53. The van der Waals surface area contributed by atoms with Crippen LogP contribution in [0.3, 0.4) is 0 Å². The molecule has 0 rings (SSSR count). The van der Waals surface area contributed by atoms with E-state index >= 15 is 0 Å². The molecule has 0 aromatic heterocycles. The van der Waals surface area contributed by atoms with Gasteiger partial charge in [-0.1, -0.05) is 20.8 Å². The van der Waals surface area contributed by atoms with Gasteiger partial charge in [0.15, 0.2) is 0 Å². The molecule has 0 aromatic carbocycles. The number of aliphatic hydroxyl groups excluding tert-OH is 1. The highest BCUT2D eigenvalue weighted by atomic mass is 16.3. The molecule has 0 aliphatic rings. The molecule has 0 bridgehead atoms. The molecule has 2 atom stereocenters. The number of hydrogen-bond acceptors (Lipinski definition) is 3. The molecule has 0 aromatic rings. The Kier molecular flexibility index (Phi) is 8.21. The molecule has 0 saturated heterocycles. The van der Waals surface area contributed by atoms with Crippen molar-refractivity contribution < 1.29 is 9.90 Å². The van der Waals surface area contributed by atoms with Crippen molar-refractivity contribution in [2.75, 3.05) is 13.2 Å². The van der Waals surface area contributed by atoms with Crippen molar-refractivity contribution in [3.63, 3.8) is 0 Å². The molecule has 4 heteroatoms. The maximum Gasteiger partial charge on any atom is 0.220 e. The molecule has 0 saturated carbocycles. The highest BCUT2D eigenvalue weighted by molar-refractivity contribution is 5.76. The molecular formula is C12H26N2O2. The second-order valence-corrected chi connectivity index (χ2v) is 4.73. The Labute approximate surface area is 98.8 Å². The smallest absolute Gasteiger partial charge is 0.220 e. The fourth-order valence-electron chi connectivity index (χ4n) is 1.27. The fourth-order valence-corrected chi connectivity index (χ4v) is 1.27. The lowest BCUT2D eigenvalue weighted by molar-refractivity contribution is -0.122. The van der Waals surface area contributed by atoms with Crippen LogP contribution in [0.2, 0.25) is 0 Å². The molecule has 2 unspecified atom stereocenters. The molecule has 96 valence electrons. The Morgan fingerprint density at radius 3 is 2.38 bits per heavy atom. The average molecular weight is 230 g/mol. The lowest BCUT2D eigenvalue weighted by atomic mass is 10.1. The number of rotatable bonds is 8. The third kappa shape index (κ3) is 7.65. The summed E-state index contributed by atoms with van der Waals surface area (Å²) in [7, 11) is 0. The van der Waals surface area contributed by atoms with Crippen molar-refractivity contribution >= 4 is 5.91 Å². The molecule has 0 heterocycles. The van der Waals surface area contributed by atoms with E-state index in [-0.39, 0.29) is 24.5 Å². The minimum Gasteiger partial charge on any atom is -0.396 e. The third-order valence-electron chi connectivity index (χ3n) is 2.66. The summed E-state index contributed by atoms with van der Waals surface area (Å²) in [5, 5.41) is 15.1. The maximum atomic E-state index is 11.5. The predicted molar refractivity (Wildman–Crippen MR) is 66.2 cm³/mol. The minimum atomic E-state index is 0.0376. The van der Waals surface area contributed by atoms with Crippen molar-refractivity contribution in [2.24, 2.45) is 5.92 Å². The highest BCUT2D eigenvalue weighted by Crippen LogP contribution is 2.01. The monoisotopic (exact) mass is 230 g/mol. The molecule has 0 aliphatic carbocycles. The van der Waals surface area contributed by atoms with E-state index < -0.39 is 0 Å². The first-order valence-corrected chi connectivity index (χ1v) is 6.11. The summed E-state index contributed by atoms with van der Waals surface area (Å²) in [6.07, 6.45) is 1.40. The van der Waals surface area contributed by atoms with E-state index in [1.165, 1.54) is 0 Å². The van der Waals surface area contributed by atoms with Crippen LogP contribution < -0.4 is 10.6 Å². The van der Waals surface area contributed by atoms with E-state index in [4.69, 9.17) is 5.11 Å². The summed E-state index contributed by atoms with van der Waals surface area (Å²) in [4.78, 5) is 11.5. The summed E-state index contributed by atoms with van der Waals surface area (Å²) in [5.41, 5.74) is 0. The Hall–Kier alpha value is -0.610. The van der Waals surface area contributed by atoms with Crippen LogP contribution in [0.15, 0.2) is 0 Å². The molecule has 0 aliphatic heterocycles. The van der Waals surface area contributed by atoms with E-state index in [1.807, 2.05) is 13.8 Å². The second-order valence-electron chi connectivity index (χ2n) is 4.73. The fraction of sp³-hybridized carbons (Fsp3) is 0.917. The first kappa shape index (κ1) is 15.4. The number of amides is 1. The number of carbonyl (C=O) groups excluding carboxylic acids is 1. The van der Waals surface area contributed by atoms with Gasteiger partial charge < -0.3 is 15.7 Å². The Morgan fingerprint density at radius 2 is 1.88 bits per heavy atom. The van der Waals surface area contributed by atoms with Gasteiger partial charge in [-0.25, -0.2) is 0 Å². The summed E-state index contributed by atoms with van der Waals surface area (Å²) < 4.78 is 0. The number of hydrogen-bond donors (Lipinski definition) is 3. The van der Waals surface area contributed by atoms with Gasteiger partial charge in [0.1, 0.15) is 0 Å². The van der Waals surface area contributed by atoms with Crippen LogP contribution in [-0.2, 0) is 4.79 Å². The first-order chi connectivity index (χ1) is 7.47. The maximum absolute atomic E-state index is 11.5. The lowest BCUT2D eigenvalue weighted by Crippen LogP contribution is -2.38. The topological polar surface area (TPSA) is 61.4 Å². The van der Waals surface area contributed by atoms with E-state index in [2.05, 4.69) is 24.5 Å². The first-order valence-electron chi connectivity index (χ1n) is 6.11. The van der Waals surface area contributed by atoms with Gasteiger partial charge in [0, 0.05) is 25.1 Å². The molecule has 1 amide bonds. The normalized spacial score (nSPS) is 14.9. The Balaban J connectivity index is 3.58. The van der Waals surface area contributed by atoms with E-state index in [0.29, 0.717) is 12.5 Å². The molecule has 0 radical (unpaired) electrons. The molecule has 16 heavy (non-hydrogen) atoms. The Bertz CT molecular complexity index is 195. The number of carbonyl (C=O) groups is 1. The standard InChI is InChI=1S/C12H26N2O2/c1-9(2)13-7-5-6-12(16)14-11(4)10(3)8-15/h9-11,13,15H,5-8H2,1-4H3,(H,14,16). The van der Waals surface area contributed by atoms with Crippen molar-refractivity contribution in [3.05, 3.63) is 0 Å². The minimum absolute atomic E-state index is 0.0376. The van der Waals surface area contributed by atoms with Gasteiger partial charge in [-0.3, -0.25) is 4.79 Å². The van der Waals surface area contributed by atoms with Crippen LogP contribution in [0.25, 0.3) is 0 Å². The molecule has 0 fully saturated rings. The van der Waals surface area contributed by atoms with Gasteiger partial charge in [0.05, 0.1) is 0 Å². The van der Waals surface area contributed by atoms with Gasteiger partial charge in [-0.05, 0) is 25.8 Å². The van der Waals surface area contributed by atoms with Crippen LogP contribution >= 0.6 is 0 Å². The van der Waals surface area contributed by atoms with E-state index in [1.54, 1.807) is 0 Å². The predicted octanol–water partition coefficient (Wildman–Crippen LogP) is 0.898. The van der Waals surface area contributed by atoms with Gasteiger partial charge in [0.2, 0.25) is 5.91 Å². The number of aliphatic hydroxyl groups is 1. The number of nitrogens with one attached hydrogen (secondary N) is 2. The zero-order chi connectivity index (χ0) is 12.6. The van der Waals surface area contributed by atoms with Crippen LogP contribution in [0.4, 0.5) is 0 Å². The van der Waals surface area contributed by atoms with Crippen molar-refractivity contribution in [1.29, 1.82) is 0 Å². The van der Waals surface area contributed by atoms with Crippen LogP contribution in [-0.4, -0.2) is 36.2 Å².